The molecule has 0 aromatic heterocycles. The van der Waals surface area contributed by atoms with Crippen molar-refractivity contribution in [3.63, 3.8) is 0 Å². The second kappa shape index (κ2) is 10.2. The van der Waals surface area contributed by atoms with Crippen LogP contribution in [0.2, 0.25) is 19.6 Å². The van der Waals surface area contributed by atoms with Gasteiger partial charge in [0.15, 0.2) is 6.10 Å². The lowest BCUT2D eigenvalue weighted by Gasteiger charge is -2.12. The van der Waals surface area contributed by atoms with Crippen LogP contribution in [-0.4, -0.2) is 33.9 Å². The van der Waals surface area contributed by atoms with Gasteiger partial charge in [-0.1, -0.05) is 37.7 Å². The molecule has 0 aliphatic rings. The normalized spacial score (nSPS) is 12.0. The molecule has 132 valence electrons. The van der Waals surface area contributed by atoms with Gasteiger partial charge in [-0.05, 0) is 30.5 Å². The minimum atomic E-state index is -1.47. The molecular weight excluding hydrogens is 320 g/mol. The maximum Gasteiger partial charge on any atom is 0.303 e. The molecule has 1 atom stereocenters. The van der Waals surface area contributed by atoms with E-state index in [1.54, 1.807) is 7.11 Å². The summed E-state index contributed by atoms with van der Waals surface area (Å²) < 4.78 is 16.1. The summed E-state index contributed by atoms with van der Waals surface area (Å²) in [7, 11) is 0.178. The van der Waals surface area contributed by atoms with E-state index in [1.165, 1.54) is 6.92 Å². The second-order valence-corrected chi connectivity index (χ2v) is 11.4. The highest BCUT2D eigenvalue weighted by molar-refractivity contribution is 6.83. The van der Waals surface area contributed by atoms with Crippen LogP contribution in [0.4, 0.5) is 0 Å². The van der Waals surface area contributed by atoms with Crippen molar-refractivity contribution in [2.45, 2.75) is 52.1 Å². The smallest absolute Gasteiger partial charge is 0.303 e. The molecule has 24 heavy (non-hydrogen) atoms. The average molecular weight is 349 g/mol. The molecule has 0 radical (unpaired) electrons. The Morgan fingerprint density at radius 2 is 1.88 bits per heavy atom. The number of hydrogen-bond acceptors (Lipinski definition) is 4. The molecule has 0 aliphatic heterocycles. The molecule has 1 rings (SSSR count). The lowest BCUT2D eigenvalue weighted by molar-refractivity contribution is -0.144. The number of esters is 1. The van der Waals surface area contributed by atoms with E-state index in [0.717, 1.165) is 17.7 Å². The molecule has 0 bridgehead atoms. The van der Waals surface area contributed by atoms with E-state index in [1.807, 2.05) is 24.3 Å². The van der Waals surface area contributed by atoms with Gasteiger partial charge in [-0.25, -0.2) is 0 Å². The number of benzene rings is 1. The van der Waals surface area contributed by atoms with Crippen molar-refractivity contribution in [2.24, 2.45) is 0 Å². The molecule has 0 amide bonds. The van der Waals surface area contributed by atoms with Crippen molar-refractivity contribution in [3.05, 3.63) is 29.8 Å². The van der Waals surface area contributed by atoms with E-state index in [0.29, 0.717) is 19.6 Å². The average Bonchev–Trinajstić information content (AvgIpc) is 2.51. The van der Waals surface area contributed by atoms with Crippen molar-refractivity contribution >= 4 is 14.0 Å². The van der Waals surface area contributed by atoms with Gasteiger partial charge in [0.05, 0.1) is 13.7 Å². The van der Waals surface area contributed by atoms with Crippen LogP contribution in [0.3, 0.4) is 0 Å². The van der Waals surface area contributed by atoms with Gasteiger partial charge in [0, 0.05) is 13.5 Å². The largest absolute Gasteiger partial charge is 0.497 e. The molecule has 0 heterocycles. The Hall–Kier alpha value is -1.77. The molecule has 1 aromatic rings. The highest BCUT2D eigenvalue weighted by Crippen LogP contribution is 2.12. The Kier molecular flexibility index (Phi) is 8.59. The lowest BCUT2D eigenvalue weighted by Crippen LogP contribution is -2.20. The van der Waals surface area contributed by atoms with E-state index in [9.17, 15) is 4.79 Å². The number of ether oxygens (including phenoxy) is 3. The third-order valence-electron chi connectivity index (χ3n) is 3.10. The zero-order chi connectivity index (χ0) is 18.0. The first-order chi connectivity index (χ1) is 11.3. The minimum Gasteiger partial charge on any atom is -0.497 e. The van der Waals surface area contributed by atoms with E-state index < -0.39 is 8.07 Å². The molecule has 0 N–H and O–H groups in total. The Morgan fingerprint density at radius 1 is 1.21 bits per heavy atom. The summed E-state index contributed by atoms with van der Waals surface area (Å²) in [5.41, 5.74) is 4.37. The Bertz CT molecular complexity index is 564. The number of carbonyl (C=O) groups excluding carboxylic acids is 1. The van der Waals surface area contributed by atoms with E-state index >= 15 is 0 Å². The fourth-order valence-electron chi connectivity index (χ4n) is 1.94. The maximum absolute atomic E-state index is 11.2. The van der Waals surface area contributed by atoms with Crippen LogP contribution in [0.1, 0.15) is 25.3 Å². The van der Waals surface area contributed by atoms with Crippen molar-refractivity contribution in [1.29, 1.82) is 0 Å². The van der Waals surface area contributed by atoms with Crippen molar-refractivity contribution in [3.8, 4) is 17.2 Å². The molecular formula is C19H28O4Si. The molecule has 0 unspecified atom stereocenters. The van der Waals surface area contributed by atoms with Gasteiger partial charge in [0.2, 0.25) is 0 Å². The highest BCUT2D eigenvalue weighted by atomic mass is 28.3. The van der Waals surface area contributed by atoms with Gasteiger partial charge in [-0.3, -0.25) is 4.79 Å². The Labute approximate surface area is 146 Å². The Morgan fingerprint density at radius 3 is 2.42 bits per heavy atom. The summed E-state index contributed by atoms with van der Waals surface area (Å²) in [6.45, 7) is 9.10. The van der Waals surface area contributed by atoms with Crippen LogP contribution >= 0.6 is 0 Å². The van der Waals surface area contributed by atoms with Crippen LogP contribution < -0.4 is 4.74 Å². The summed E-state index contributed by atoms with van der Waals surface area (Å²) >= 11 is 0. The summed E-state index contributed by atoms with van der Waals surface area (Å²) in [6, 6.07) is 7.81. The number of hydrogen-bond donors (Lipinski definition) is 0. The van der Waals surface area contributed by atoms with Crippen LogP contribution in [0.25, 0.3) is 0 Å². The predicted octanol–water partition coefficient (Wildman–Crippen LogP) is 3.80. The highest BCUT2D eigenvalue weighted by Gasteiger charge is 2.12. The molecule has 0 saturated heterocycles. The lowest BCUT2D eigenvalue weighted by atomic mass is 10.2. The van der Waals surface area contributed by atoms with Crippen LogP contribution in [-0.2, 0) is 20.9 Å². The fourth-order valence-corrected chi connectivity index (χ4v) is 2.53. The van der Waals surface area contributed by atoms with Gasteiger partial charge in [0.1, 0.15) is 13.8 Å². The predicted molar refractivity (Wildman–Crippen MR) is 98.6 cm³/mol. The van der Waals surface area contributed by atoms with Crippen LogP contribution in [0, 0.1) is 11.5 Å². The first-order valence-corrected chi connectivity index (χ1v) is 11.7. The summed E-state index contributed by atoms with van der Waals surface area (Å²) in [5.74, 6) is 3.66. The van der Waals surface area contributed by atoms with Crippen molar-refractivity contribution in [1.82, 2.24) is 0 Å². The molecule has 0 aliphatic carbocycles. The number of carbonyl (C=O) groups is 1. The standard InChI is InChI=1S/C19H28O4Si/c1-16(20)23-19(12-14-24(3,4)5)7-6-13-22-15-17-8-10-18(21-2)11-9-17/h8-11,19H,6-7,13,15H2,1-5H3/t19-/m1/s1. The van der Waals surface area contributed by atoms with Gasteiger partial charge in [0.25, 0.3) is 0 Å². The number of methoxy groups -OCH3 is 1. The second-order valence-electron chi connectivity index (χ2n) is 6.66. The Balaban J connectivity index is 2.35. The third kappa shape index (κ3) is 9.38. The zero-order valence-electron chi connectivity index (χ0n) is 15.3. The minimum absolute atomic E-state index is 0.288. The topological polar surface area (TPSA) is 44.8 Å². The summed E-state index contributed by atoms with van der Waals surface area (Å²) in [5, 5.41) is 0. The fraction of sp³-hybridized carbons (Fsp3) is 0.526. The van der Waals surface area contributed by atoms with E-state index in [4.69, 9.17) is 14.2 Å². The van der Waals surface area contributed by atoms with Crippen LogP contribution in [0.5, 0.6) is 5.75 Å². The van der Waals surface area contributed by atoms with E-state index in [-0.39, 0.29) is 12.1 Å². The molecule has 0 spiro atoms. The van der Waals surface area contributed by atoms with Crippen molar-refractivity contribution < 1.29 is 19.0 Å². The molecule has 0 saturated carbocycles. The summed E-state index contributed by atoms with van der Waals surface area (Å²) in [4.78, 5) is 11.2. The summed E-state index contributed by atoms with van der Waals surface area (Å²) in [6.07, 6.45) is 1.16. The van der Waals surface area contributed by atoms with Crippen molar-refractivity contribution in [2.75, 3.05) is 13.7 Å². The third-order valence-corrected chi connectivity index (χ3v) is 3.99. The van der Waals surface area contributed by atoms with Crippen LogP contribution in [0.15, 0.2) is 24.3 Å². The first-order valence-electron chi connectivity index (χ1n) is 8.21. The SMILES string of the molecule is COc1ccc(COCCC[C@H](C#C[Si](C)(C)C)OC(C)=O)cc1. The molecule has 1 aromatic carbocycles. The first kappa shape index (κ1) is 20.3. The monoisotopic (exact) mass is 348 g/mol. The zero-order valence-corrected chi connectivity index (χ0v) is 16.3. The van der Waals surface area contributed by atoms with Gasteiger partial charge in [-0.2, -0.15) is 0 Å². The number of rotatable bonds is 8. The van der Waals surface area contributed by atoms with Gasteiger partial charge >= 0.3 is 5.97 Å². The van der Waals surface area contributed by atoms with E-state index in [2.05, 4.69) is 31.1 Å². The maximum atomic E-state index is 11.2. The molecule has 4 nitrogen and oxygen atoms in total. The van der Waals surface area contributed by atoms with Gasteiger partial charge in [-0.15, -0.1) is 5.54 Å². The quantitative estimate of drug-likeness (QED) is 0.310. The molecule has 5 heteroatoms. The van der Waals surface area contributed by atoms with Gasteiger partial charge < -0.3 is 14.2 Å². The molecule has 0 fully saturated rings.